The number of hydrogen-bond donors (Lipinski definition) is 0. The van der Waals surface area contributed by atoms with E-state index in [9.17, 15) is 9.18 Å². The van der Waals surface area contributed by atoms with Gasteiger partial charge in [0.15, 0.2) is 0 Å². The predicted molar refractivity (Wildman–Crippen MR) is 80.7 cm³/mol. The van der Waals surface area contributed by atoms with E-state index in [4.69, 9.17) is 11.6 Å². The maximum atomic E-state index is 13.9. The molecule has 0 heterocycles. The van der Waals surface area contributed by atoms with Crippen LogP contribution in [0.3, 0.4) is 0 Å². The van der Waals surface area contributed by atoms with Gasteiger partial charge >= 0.3 is 0 Å². The highest BCUT2D eigenvalue weighted by atomic mass is 35.5. The minimum atomic E-state index is -0.308. The Kier molecular flexibility index (Phi) is 3.15. The summed E-state index contributed by atoms with van der Waals surface area (Å²) >= 11 is 5.94. The number of ketones is 1. The second-order valence-corrected chi connectivity index (χ2v) is 7.97. The Hall–Kier alpha value is -0.890. The van der Waals surface area contributed by atoms with Crippen molar-refractivity contribution in [3.63, 3.8) is 0 Å². The molecule has 0 aromatic heterocycles. The predicted octanol–water partition coefficient (Wildman–Crippen LogP) is 4.81. The third-order valence-corrected chi connectivity index (χ3v) is 6.22. The van der Waals surface area contributed by atoms with Gasteiger partial charge in [-0.2, -0.15) is 0 Å². The van der Waals surface area contributed by atoms with Gasteiger partial charge in [0, 0.05) is 16.9 Å². The molecule has 0 spiro atoms. The first-order valence-corrected chi connectivity index (χ1v) is 8.39. The van der Waals surface area contributed by atoms with Crippen LogP contribution in [0.2, 0.25) is 5.02 Å². The largest absolute Gasteiger partial charge is 0.299 e. The van der Waals surface area contributed by atoms with E-state index < -0.39 is 0 Å². The fraction of sp³-hybridized carbons (Fsp3) is 0.611. The maximum absolute atomic E-state index is 13.9. The molecule has 112 valence electrons. The number of benzene rings is 1. The van der Waals surface area contributed by atoms with E-state index in [1.807, 2.05) is 0 Å². The lowest BCUT2D eigenvalue weighted by Crippen LogP contribution is -2.50. The van der Waals surface area contributed by atoms with E-state index in [0.29, 0.717) is 10.6 Å². The van der Waals surface area contributed by atoms with Crippen molar-refractivity contribution >= 4 is 17.4 Å². The Balaban J connectivity index is 1.59. The number of halogens is 2. The third kappa shape index (κ3) is 2.32. The van der Waals surface area contributed by atoms with Crippen LogP contribution in [0.1, 0.15) is 44.1 Å². The number of rotatable bonds is 3. The molecule has 4 aliphatic rings. The molecule has 0 N–H and O–H groups in total. The standard InChI is InChI=1S/C18H20ClFO/c19-15-1-2-16(20)14(6-15)7-17(21)18-8-11-3-12(9-18)5-13(4-11)10-18/h1-2,6,11-13H,3-5,7-10H2. The van der Waals surface area contributed by atoms with Gasteiger partial charge < -0.3 is 0 Å². The van der Waals surface area contributed by atoms with Crippen LogP contribution in [-0.4, -0.2) is 5.78 Å². The summed E-state index contributed by atoms with van der Waals surface area (Å²) in [5.41, 5.74) is 0.312. The van der Waals surface area contributed by atoms with Crippen molar-refractivity contribution in [2.75, 3.05) is 0 Å². The highest BCUT2D eigenvalue weighted by Gasteiger charge is 2.54. The van der Waals surface area contributed by atoms with Crippen molar-refractivity contribution in [3.8, 4) is 0 Å². The molecule has 1 nitrogen and oxygen atoms in total. The summed E-state index contributed by atoms with van der Waals surface area (Å²) in [6, 6.07) is 4.51. The molecule has 1 aromatic carbocycles. The first-order chi connectivity index (χ1) is 10.0. The zero-order chi connectivity index (χ0) is 14.6. The summed E-state index contributed by atoms with van der Waals surface area (Å²) in [6.07, 6.45) is 7.28. The van der Waals surface area contributed by atoms with Crippen LogP contribution in [0.5, 0.6) is 0 Å². The average molecular weight is 307 g/mol. The van der Waals surface area contributed by atoms with Gasteiger partial charge in [-0.05, 0) is 80.0 Å². The molecule has 0 amide bonds. The fourth-order valence-corrected chi connectivity index (χ4v) is 5.69. The Morgan fingerprint density at radius 2 is 1.71 bits per heavy atom. The van der Waals surface area contributed by atoms with Crippen LogP contribution < -0.4 is 0 Å². The van der Waals surface area contributed by atoms with E-state index in [1.54, 1.807) is 6.07 Å². The van der Waals surface area contributed by atoms with Gasteiger partial charge in [-0.15, -0.1) is 0 Å². The fourth-order valence-electron chi connectivity index (χ4n) is 5.49. The van der Waals surface area contributed by atoms with Crippen molar-refractivity contribution in [1.29, 1.82) is 0 Å². The van der Waals surface area contributed by atoms with Crippen LogP contribution in [0.25, 0.3) is 0 Å². The van der Waals surface area contributed by atoms with Gasteiger partial charge in [0.2, 0.25) is 0 Å². The molecule has 4 saturated carbocycles. The quantitative estimate of drug-likeness (QED) is 0.783. The summed E-state index contributed by atoms with van der Waals surface area (Å²) in [5, 5.41) is 0.504. The van der Waals surface area contributed by atoms with Gasteiger partial charge in [-0.3, -0.25) is 4.79 Å². The number of Topliss-reactive ketones (excluding diaryl/α,β-unsaturated/α-hetero) is 1. The zero-order valence-electron chi connectivity index (χ0n) is 12.1. The molecular weight excluding hydrogens is 287 g/mol. The molecule has 4 fully saturated rings. The second kappa shape index (κ2) is 4.81. The van der Waals surface area contributed by atoms with Crippen LogP contribution in [-0.2, 0) is 11.2 Å². The van der Waals surface area contributed by atoms with Crippen LogP contribution >= 0.6 is 11.6 Å². The Morgan fingerprint density at radius 1 is 1.14 bits per heavy atom. The number of carbonyl (C=O) groups excluding carboxylic acids is 1. The Morgan fingerprint density at radius 3 is 2.29 bits per heavy atom. The average Bonchev–Trinajstić information content (AvgIpc) is 2.41. The van der Waals surface area contributed by atoms with Crippen molar-refractivity contribution in [1.82, 2.24) is 0 Å². The van der Waals surface area contributed by atoms with E-state index in [1.165, 1.54) is 31.4 Å². The van der Waals surface area contributed by atoms with Crippen LogP contribution in [0.15, 0.2) is 18.2 Å². The summed E-state index contributed by atoms with van der Waals surface area (Å²) in [4.78, 5) is 12.9. The monoisotopic (exact) mass is 306 g/mol. The molecule has 1 aromatic rings. The first kappa shape index (κ1) is 13.8. The molecule has 5 rings (SSSR count). The molecule has 0 aliphatic heterocycles. The molecule has 0 saturated heterocycles. The van der Waals surface area contributed by atoms with Gasteiger partial charge in [-0.1, -0.05) is 11.6 Å². The maximum Gasteiger partial charge on any atom is 0.143 e. The van der Waals surface area contributed by atoms with Gasteiger partial charge in [0.25, 0.3) is 0 Å². The normalized spacial score (nSPS) is 37.0. The minimum Gasteiger partial charge on any atom is -0.299 e. The van der Waals surface area contributed by atoms with Crippen molar-refractivity contribution in [2.45, 2.75) is 44.9 Å². The van der Waals surface area contributed by atoms with Crippen LogP contribution in [0, 0.1) is 29.0 Å². The van der Waals surface area contributed by atoms with E-state index in [0.717, 1.165) is 37.0 Å². The Labute approximate surface area is 129 Å². The van der Waals surface area contributed by atoms with Crippen molar-refractivity contribution in [3.05, 3.63) is 34.6 Å². The smallest absolute Gasteiger partial charge is 0.143 e. The summed E-state index contributed by atoms with van der Waals surface area (Å²) in [7, 11) is 0. The third-order valence-electron chi connectivity index (χ3n) is 5.99. The van der Waals surface area contributed by atoms with Crippen molar-refractivity contribution in [2.24, 2.45) is 23.2 Å². The molecule has 0 radical (unpaired) electrons. The lowest BCUT2D eigenvalue weighted by molar-refractivity contribution is -0.143. The Bertz CT molecular complexity index is 560. The molecule has 21 heavy (non-hydrogen) atoms. The molecule has 4 bridgehead atoms. The van der Waals surface area contributed by atoms with Crippen LogP contribution in [0.4, 0.5) is 4.39 Å². The summed E-state index contributed by atoms with van der Waals surface area (Å²) in [6.45, 7) is 0. The number of carbonyl (C=O) groups is 1. The second-order valence-electron chi connectivity index (χ2n) is 7.53. The van der Waals surface area contributed by atoms with E-state index in [2.05, 4.69) is 0 Å². The van der Waals surface area contributed by atoms with Gasteiger partial charge in [0.05, 0.1) is 0 Å². The molecule has 0 unspecified atom stereocenters. The molecule has 3 heteroatoms. The summed E-state index contributed by atoms with van der Waals surface area (Å²) < 4.78 is 13.9. The molecule has 0 atom stereocenters. The van der Waals surface area contributed by atoms with Gasteiger partial charge in [-0.25, -0.2) is 4.39 Å². The number of hydrogen-bond acceptors (Lipinski definition) is 1. The van der Waals surface area contributed by atoms with Gasteiger partial charge in [0.1, 0.15) is 11.6 Å². The topological polar surface area (TPSA) is 17.1 Å². The molecular formula is C18H20ClFO. The van der Waals surface area contributed by atoms with E-state index >= 15 is 0 Å². The summed E-state index contributed by atoms with van der Waals surface area (Å²) in [5.74, 6) is 2.17. The van der Waals surface area contributed by atoms with E-state index in [-0.39, 0.29) is 23.4 Å². The SMILES string of the molecule is O=C(Cc1cc(Cl)ccc1F)C12CC3CC(CC(C3)C1)C2. The zero-order valence-corrected chi connectivity index (χ0v) is 12.8. The lowest BCUT2D eigenvalue weighted by atomic mass is 9.48. The lowest BCUT2D eigenvalue weighted by Gasteiger charge is -2.56. The first-order valence-electron chi connectivity index (χ1n) is 8.01. The van der Waals surface area contributed by atoms with Crippen molar-refractivity contribution < 1.29 is 9.18 Å². The highest BCUT2D eigenvalue weighted by molar-refractivity contribution is 6.30. The highest BCUT2D eigenvalue weighted by Crippen LogP contribution is 2.60. The minimum absolute atomic E-state index is 0.149. The molecule has 4 aliphatic carbocycles.